The molecule has 5 nitrogen and oxygen atoms in total. The van der Waals surface area contributed by atoms with Gasteiger partial charge in [-0.25, -0.2) is 9.50 Å². The minimum absolute atomic E-state index is 0.148. The topological polar surface area (TPSA) is 70.7 Å². The van der Waals surface area contributed by atoms with Crippen LogP contribution in [0.15, 0.2) is 18.3 Å². The van der Waals surface area contributed by atoms with Crippen molar-refractivity contribution in [1.29, 1.82) is 0 Å². The van der Waals surface area contributed by atoms with E-state index in [-0.39, 0.29) is 5.75 Å². The van der Waals surface area contributed by atoms with E-state index in [1.165, 1.54) is 10.7 Å². The first-order chi connectivity index (χ1) is 7.63. The van der Waals surface area contributed by atoms with Gasteiger partial charge in [0.15, 0.2) is 5.65 Å². The molecule has 0 radical (unpaired) electrons. The van der Waals surface area contributed by atoms with Gasteiger partial charge in [-0.2, -0.15) is 17.7 Å². The number of imidazole rings is 1. The zero-order valence-corrected chi connectivity index (χ0v) is 9.81. The Morgan fingerprint density at radius 3 is 2.88 bits per heavy atom. The van der Waals surface area contributed by atoms with E-state index in [0.717, 1.165) is 0 Å². The van der Waals surface area contributed by atoms with Crippen molar-refractivity contribution in [2.45, 2.75) is 12.2 Å². The monoisotopic (exact) mass is 259 g/mol. The maximum absolute atomic E-state index is 9.82. The molecule has 0 aliphatic rings. The highest BCUT2D eigenvalue weighted by atomic mass is 35.5. The Balaban J connectivity index is 2.48. The number of aromatic nitrogens is 3. The number of aliphatic hydroxyl groups excluding tert-OH is 2. The molecule has 2 aromatic heterocycles. The van der Waals surface area contributed by atoms with E-state index < -0.39 is 12.2 Å². The lowest BCUT2D eigenvalue weighted by Crippen LogP contribution is -2.21. The van der Waals surface area contributed by atoms with E-state index in [4.69, 9.17) is 11.6 Å². The smallest absolute Gasteiger partial charge is 0.153 e. The van der Waals surface area contributed by atoms with Gasteiger partial charge in [-0.05, 0) is 12.1 Å². The summed E-state index contributed by atoms with van der Waals surface area (Å²) >= 11 is 9.66. The molecule has 2 N–H and O–H groups in total. The molecule has 0 saturated heterocycles. The summed E-state index contributed by atoms with van der Waals surface area (Å²) in [7, 11) is 0. The van der Waals surface area contributed by atoms with Crippen molar-refractivity contribution in [2.75, 3.05) is 5.75 Å². The van der Waals surface area contributed by atoms with Crippen LogP contribution in [0.3, 0.4) is 0 Å². The van der Waals surface area contributed by atoms with Gasteiger partial charge in [0.05, 0.1) is 18.0 Å². The maximum Gasteiger partial charge on any atom is 0.153 e. The molecule has 2 heterocycles. The van der Waals surface area contributed by atoms with Crippen LogP contribution in [0.2, 0.25) is 5.15 Å². The summed E-state index contributed by atoms with van der Waals surface area (Å²) in [6.45, 7) is 0. The van der Waals surface area contributed by atoms with Gasteiger partial charge >= 0.3 is 0 Å². The Kier molecular flexibility index (Phi) is 3.34. The number of fused-ring (bicyclic) bond motifs is 1. The van der Waals surface area contributed by atoms with E-state index in [0.29, 0.717) is 16.5 Å². The first-order valence-corrected chi connectivity index (χ1v) is 5.61. The third-order valence-corrected chi connectivity index (χ3v) is 2.79. The zero-order valence-electron chi connectivity index (χ0n) is 8.16. The molecule has 0 amide bonds. The Labute approximate surface area is 102 Å². The van der Waals surface area contributed by atoms with Crippen LogP contribution in [0.5, 0.6) is 0 Å². The van der Waals surface area contributed by atoms with Gasteiger partial charge in [-0.1, -0.05) is 11.6 Å². The lowest BCUT2D eigenvalue weighted by molar-refractivity contribution is 0.0299. The predicted molar refractivity (Wildman–Crippen MR) is 62.8 cm³/mol. The normalized spacial score (nSPS) is 15.2. The van der Waals surface area contributed by atoms with E-state index in [9.17, 15) is 10.2 Å². The second kappa shape index (κ2) is 4.58. The molecular weight excluding hydrogens is 250 g/mol. The number of rotatable bonds is 3. The SMILES string of the molecule is OC(CS)C(O)c1cnc2ccc(Cl)nn12. The molecule has 0 bridgehead atoms. The summed E-state index contributed by atoms with van der Waals surface area (Å²) in [6.07, 6.45) is -0.599. The number of halogens is 1. The van der Waals surface area contributed by atoms with E-state index in [2.05, 4.69) is 22.7 Å². The second-order valence-corrected chi connectivity index (χ2v) is 4.06. The molecule has 7 heteroatoms. The molecule has 16 heavy (non-hydrogen) atoms. The fraction of sp³-hybridized carbons (Fsp3) is 0.333. The third kappa shape index (κ3) is 2.01. The van der Waals surface area contributed by atoms with Gasteiger partial charge in [-0.15, -0.1) is 0 Å². The molecule has 2 rings (SSSR count). The highest BCUT2D eigenvalue weighted by molar-refractivity contribution is 7.80. The molecule has 2 unspecified atom stereocenters. The van der Waals surface area contributed by atoms with Crippen molar-refractivity contribution in [3.63, 3.8) is 0 Å². The molecule has 2 aromatic rings. The first-order valence-electron chi connectivity index (χ1n) is 4.60. The Hall–Kier alpha value is -0.820. The van der Waals surface area contributed by atoms with Crippen LogP contribution < -0.4 is 0 Å². The Bertz CT molecular complexity index is 504. The number of hydrogen-bond acceptors (Lipinski definition) is 5. The summed E-state index contributed by atoms with van der Waals surface area (Å²) in [6, 6.07) is 3.29. The maximum atomic E-state index is 9.82. The van der Waals surface area contributed by atoms with Crippen LogP contribution in [-0.4, -0.2) is 36.7 Å². The number of nitrogens with zero attached hydrogens (tertiary/aromatic N) is 3. The molecule has 0 fully saturated rings. The Morgan fingerprint density at radius 2 is 2.19 bits per heavy atom. The van der Waals surface area contributed by atoms with E-state index in [1.54, 1.807) is 12.1 Å². The zero-order chi connectivity index (χ0) is 11.7. The van der Waals surface area contributed by atoms with E-state index >= 15 is 0 Å². The van der Waals surface area contributed by atoms with Gasteiger partial charge in [0, 0.05) is 5.75 Å². The number of aliphatic hydroxyl groups is 2. The molecule has 0 aliphatic carbocycles. The third-order valence-electron chi connectivity index (χ3n) is 2.21. The average Bonchev–Trinajstić information content (AvgIpc) is 2.69. The largest absolute Gasteiger partial charge is 0.389 e. The Morgan fingerprint density at radius 1 is 1.44 bits per heavy atom. The molecular formula is C9H10ClN3O2S. The lowest BCUT2D eigenvalue weighted by atomic mass is 10.2. The highest BCUT2D eigenvalue weighted by Gasteiger charge is 2.21. The van der Waals surface area contributed by atoms with Crippen LogP contribution in [0.25, 0.3) is 5.65 Å². The van der Waals surface area contributed by atoms with Crippen molar-refractivity contribution >= 4 is 29.9 Å². The van der Waals surface area contributed by atoms with Crippen LogP contribution in [0.4, 0.5) is 0 Å². The quantitative estimate of drug-likeness (QED) is 0.710. The van der Waals surface area contributed by atoms with Crippen molar-refractivity contribution in [2.24, 2.45) is 0 Å². The molecule has 0 spiro atoms. The summed E-state index contributed by atoms with van der Waals surface area (Å²) < 4.78 is 1.40. The average molecular weight is 260 g/mol. The highest BCUT2D eigenvalue weighted by Crippen LogP contribution is 2.19. The van der Waals surface area contributed by atoms with Crippen molar-refractivity contribution in [3.8, 4) is 0 Å². The van der Waals surface area contributed by atoms with Gasteiger partial charge in [0.2, 0.25) is 0 Å². The fourth-order valence-corrected chi connectivity index (χ4v) is 1.71. The number of thiol groups is 1. The van der Waals surface area contributed by atoms with Gasteiger partial charge < -0.3 is 10.2 Å². The van der Waals surface area contributed by atoms with Crippen LogP contribution in [0.1, 0.15) is 11.8 Å². The second-order valence-electron chi connectivity index (χ2n) is 3.30. The first kappa shape index (κ1) is 11.7. The van der Waals surface area contributed by atoms with Gasteiger partial charge in [-0.3, -0.25) is 0 Å². The summed E-state index contributed by atoms with van der Waals surface area (Å²) in [5.74, 6) is 0.148. The summed E-state index contributed by atoms with van der Waals surface area (Å²) in [5, 5.41) is 23.6. The molecule has 2 atom stereocenters. The van der Waals surface area contributed by atoms with Crippen LogP contribution in [-0.2, 0) is 0 Å². The molecule has 86 valence electrons. The fourth-order valence-electron chi connectivity index (χ4n) is 1.37. The number of hydrogen-bond donors (Lipinski definition) is 3. The van der Waals surface area contributed by atoms with Gasteiger partial charge in [0.1, 0.15) is 11.3 Å². The van der Waals surface area contributed by atoms with Crippen LogP contribution >= 0.6 is 24.2 Å². The van der Waals surface area contributed by atoms with Crippen LogP contribution in [0, 0.1) is 0 Å². The van der Waals surface area contributed by atoms with Crippen molar-refractivity contribution < 1.29 is 10.2 Å². The molecule has 0 aromatic carbocycles. The predicted octanol–water partition coefficient (Wildman–Crippen LogP) is 0.707. The van der Waals surface area contributed by atoms with Crippen molar-refractivity contribution in [1.82, 2.24) is 14.6 Å². The lowest BCUT2D eigenvalue weighted by Gasteiger charge is -2.14. The summed E-state index contributed by atoms with van der Waals surface area (Å²) in [5.41, 5.74) is 0.948. The minimum atomic E-state index is -1.08. The minimum Gasteiger partial charge on any atom is -0.389 e. The standard InChI is InChI=1S/C9H10ClN3O2S/c10-7-1-2-8-11-3-5(13(8)12-7)9(15)6(14)4-16/h1-3,6,9,14-16H,4H2. The molecule has 0 saturated carbocycles. The van der Waals surface area contributed by atoms with Crippen molar-refractivity contribution in [3.05, 3.63) is 29.2 Å². The van der Waals surface area contributed by atoms with Gasteiger partial charge in [0.25, 0.3) is 0 Å². The summed E-state index contributed by atoms with van der Waals surface area (Å²) in [4.78, 5) is 4.04. The van der Waals surface area contributed by atoms with E-state index in [1.807, 2.05) is 0 Å². The molecule has 0 aliphatic heterocycles.